The van der Waals surface area contributed by atoms with Gasteiger partial charge >= 0.3 is 5.97 Å². The Morgan fingerprint density at radius 1 is 1.35 bits per heavy atom. The molecular weight excluding hydrogens is 298 g/mol. The molecule has 1 N–H and O–H groups in total. The molecule has 0 aliphatic carbocycles. The smallest absolute Gasteiger partial charge is 0.305 e. The van der Waals surface area contributed by atoms with Crippen molar-refractivity contribution in [2.45, 2.75) is 58.4 Å². The number of carbonyl (C=O) groups is 1. The molecule has 7 nitrogen and oxygen atoms in total. The number of esters is 1. The summed E-state index contributed by atoms with van der Waals surface area (Å²) in [5.41, 5.74) is -0.0536. The van der Waals surface area contributed by atoms with Crippen molar-refractivity contribution in [1.82, 2.24) is 4.98 Å². The summed E-state index contributed by atoms with van der Waals surface area (Å²) in [6.45, 7) is 4.36. The van der Waals surface area contributed by atoms with Crippen LogP contribution < -0.4 is 5.32 Å². The van der Waals surface area contributed by atoms with E-state index in [-0.39, 0.29) is 24.3 Å². The fourth-order valence-corrected chi connectivity index (χ4v) is 2.01. The highest BCUT2D eigenvalue weighted by molar-refractivity contribution is 5.69. The molecule has 1 rings (SSSR count). The van der Waals surface area contributed by atoms with E-state index in [2.05, 4.69) is 17.2 Å². The number of ether oxygens (including phenoxy) is 1. The van der Waals surface area contributed by atoms with Crippen molar-refractivity contribution in [3.63, 3.8) is 0 Å². The van der Waals surface area contributed by atoms with Gasteiger partial charge in [-0.1, -0.05) is 33.1 Å². The first-order chi connectivity index (χ1) is 11.1. The Morgan fingerprint density at radius 2 is 2.13 bits per heavy atom. The van der Waals surface area contributed by atoms with E-state index >= 15 is 0 Å². The Balaban J connectivity index is 2.36. The summed E-state index contributed by atoms with van der Waals surface area (Å²) in [5.74, 6) is 0.347. The summed E-state index contributed by atoms with van der Waals surface area (Å²) in [4.78, 5) is 25.7. The third kappa shape index (κ3) is 7.58. The molecule has 0 fully saturated rings. The van der Waals surface area contributed by atoms with Gasteiger partial charge in [-0.15, -0.1) is 0 Å². The summed E-state index contributed by atoms with van der Waals surface area (Å²) in [6, 6.07) is 2.87. The van der Waals surface area contributed by atoms with Crippen molar-refractivity contribution in [2.75, 3.05) is 11.9 Å². The van der Waals surface area contributed by atoms with Crippen LogP contribution in [0.5, 0.6) is 0 Å². The Hall–Kier alpha value is -2.18. The minimum absolute atomic E-state index is 0.0536. The highest BCUT2D eigenvalue weighted by Crippen LogP contribution is 2.13. The largest absolute Gasteiger partial charge is 0.463 e. The third-order valence-electron chi connectivity index (χ3n) is 3.48. The zero-order valence-corrected chi connectivity index (χ0v) is 13.8. The summed E-state index contributed by atoms with van der Waals surface area (Å²) in [7, 11) is 0. The molecule has 1 atom stereocenters. The first-order valence-electron chi connectivity index (χ1n) is 8.09. The van der Waals surface area contributed by atoms with Crippen molar-refractivity contribution >= 4 is 17.5 Å². The lowest BCUT2D eigenvalue weighted by molar-refractivity contribution is -0.385. The van der Waals surface area contributed by atoms with Gasteiger partial charge < -0.3 is 10.1 Å². The van der Waals surface area contributed by atoms with Crippen molar-refractivity contribution < 1.29 is 14.5 Å². The van der Waals surface area contributed by atoms with Crippen LogP contribution in [0.1, 0.15) is 52.4 Å². The van der Waals surface area contributed by atoms with Crippen LogP contribution in [0.3, 0.4) is 0 Å². The minimum Gasteiger partial charge on any atom is -0.463 e. The fraction of sp³-hybridized carbons (Fsp3) is 0.625. The number of hydrogen-bond donors (Lipinski definition) is 1. The number of unbranched alkanes of at least 4 members (excludes halogenated alkanes) is 3. The van der Waals surface area contributed by atoms with Crippen LogP contribution in [-0.2, 0) is 9.53 Å². The molecule has 0 amide bonds. The number of nitrogens with zero attached hydrogens (tertiary/aromatic N) is 2. The van der Waals surface area contributed by atoms with Gasteiger partial charge in [0.2, 0.25) is 0 Å². The molecule has 1 aromatic heterocycles. The molecule has 0 saturated heterocycles. The van der Waals surface area contributed by atoms with E-state index < -0.39 is 4.92 Å². The maximum Gasteiger partial charge on any atom is 0.305 e. The van der Waals surface area contributed by atoms with Gasteiger partial charge in [-0.05, 0) is 18.9 Å². The summed E-state index contributed by atoms with van der Waals surface area (Å²) >= 11 is 0. The maximum atomic E-state index is 11.7. The number of anilines is 1. The van der Waals surface area contributed by atoms with Crippen LogP contribution in [0, 0.1) is 10.1 Å². The predicted molar refractivity (Wildman–Crippen MR) is 88.3 cm³/mol. The molecule has 7 heteroatoms. The van der Waals surface area contributed by atoms with Crippen molar-refractivity contribution in [3.8, 4) is 0 Å². The van der Waals surface area contributed by atoms with Gasteiger partial charge in [-0.2, -0.15) is 0 Å². The SMILES string of the molecule is CCCCCCC(=O)OCC(CC)Nc1ccc([N+](=O)[O-])cn1. The second-order valence-electron chi connectivity index (χ2n) is 5.40. The second kappa shape index (κ2) is 10.5. The Morgan fingerprint density at radius 3 is 2.70 bits per heavy atom. The molecule has 1 heterocycles. The number of carbonyl (C=O) groups excluding carboxylic acids is 1. The quantitative estimate of drug-likeness (QED) is 0.289. The summed E-state index contributed by atoms with van der Waals surface area (Å²) in [6.07, 6.45) is 6.59. The molecule has 0 saturated carbocycles. The van der Waals surface area contributed by atoms with Crippen LogP contribution in [0.15, 0.2) is 18.3 Å². The molecule has 0 spiro atoms. The average Bonchev–Trinajstić information content (AvgIpc) is 2.55. The third-order valence-corrected chi connectivity index (χ3v) is 3.48. The molecule has 128 valence electrons. The van der Waals surface area contributed by atoms with E-state index in [0.29, 0.717) is 12.2 Å². The zero-order chi connectivity index (χ0) is 17.1. The number of pyridine rings is 1. The first-order valence-corrected chi connectivity index (χ1v) is 8.09. The first kappa shape index (κ1) is 18.9. The van der Waals surface area contributed by atoms with Gasteiger partial charge in [0.25, 0.3) is 5.69 Å². The van der Waals surface area contributed by atoms with E-state index in [1.807, 2.05) is 6.92 Å². The number of nitrogens with one attached hydrogen (secondary N) is 1. The zero-order valence-electron chi connectivity index (χ0n) is 13.8. The number of hydrogen-bond acceptors (Lipinski definition) is 6. The van der Waals surface area contributed by atoms with E-state index in [9.17, 15) is 14.9 Å². The number of aromatic nitrogens is 1. The van der Waals surface area contributed by atoms with Crippen LogP contribution in [0.4, 0.5) is 11.5 Å². The molecule has 0 radical (unpaired) electrons. The number of rotatable bonds is 11. The summed E-state index contributed by atoms with van der Waals surface area (Å²) < 4.78 is 5.27. The van der Waals surface area contributed by atoms with E-state index in [1.54, 1.807) is 6.07 Å². The van der Waals surface area contributed by atoms with Crippen LogP contribution in [0.25, 0.3) is 0 Å². The second-order valence-corrected chi connectivity index (χ2v) is 5.40. The highest BCUT2D eigenvalue weighted by Gasteiger charge is 2.12. The maximum absolute atomic E-state index is 11.7. The average molecular weight is 323 g/mol. The molecule has 1 aromatic rings. The highest BCUT2D eigenvalue weighted by atomic mass is 16.6. The van der Waals surface area contributed by atoms with Gasteiger partial charge in [-0.25, -0.2) is 4.98 Å². The molecule has 0 aliphatic rings. The van der Waals surface area contributed by atoms with Gasteiger partial charge in [0.15, 0.2) is 0 Å². The molecular formula is C16H25N3O4. The van der Waals surface area contributed by atoms with Crippen molar-refractivity contribution in [1.29, 1.82) is 0 Å². The van der Waals surface area contributed by atoms with E-state index in [1.165, 1.54) is 12.3 Å². The molecule has 23 heavy (non-hydrogen) atoms. The minimum atomic E-state index is -0.492. The predicted octanol–water partition coefficient (Wildman–Crippen LogP) is 3.69. The standard InChI is InChI=1S/C16H25N3O4/c1-3-5-6-7-8-16(20)23-12-13(4-2)18-15-10-9-14(11-17-15)19(21)22/h9-11,13H,3-8,12H2,1-2H3,(H,17,18). The normalized spacial score (nSPS) is 11.7. The van der Waals surface area contributed by atoms with E-state index in [4.69, 9.17) is 4.74 Å². The molecule has 0 aromatic carbocycles. The molecule has 0 aliphatic heterocycles. The van der Waals surface area contributed by atoms with Gasteiger partial charge in [0, 0.05) is 12.5 Å². The Bertz CT molecular complexity index is 491. The molecule has 0 bridgehead atoms. The lowest BCUT2D eigenvalue weighted by Crippen LogP contribution is -2.26. The number of nitro groups is 1. The van der Waals surface area contributed by atoms with Crippen LogP contribution in [-0.4, -0.2) is 28.5 Å². The van der Waals surface area contributed by atoms with E-state index in [0.717, 1.165) is 32.1 Å². The van der Waals surface area contributed by atoms with Gasteiger partial charge in [0.1, 0.15) is 18.6 Å². The Kier molecular flexibility index (Phi) is 8.64. The molecule has 1 unspecified atom stereocenters. The summed E-state index contributed by atoms with van der Waals surface area (Å²) in [5, 5.41) is 13.7. The fourth-order valence-electron chi connectivity index (χ4n) is 2.01. The topological polar surface area (TPSA) is 94.4 Å². The lowest BCUT2D eigenvalue weighted by atomic mass is 10.1. The van der Waals surface area contributed by atoms with Crippen molar-refractivity contribution in [3.05, 3.63) is 28.4 Å². The lowest BCUT2D eigenvalue weighted by Gasteiger charge is -2.17. The van der Waals surface area contributed by atoms with Crippen molar-refractivity contribution in [2.24, 2.45) is 0 Å². The Labute approximate surface area is 136 Å². The van der Waals surface area contributed by atoms with Gasteiger partial charge in [-0.3, -0.25) is 14.9 Å². The van der Waals surface area contributed by atoms with Crippen LogP contribution in [0.2, 0.25) is 0 Å². The van der Waals surface area contributed by atoms with Crippen LogP contribution >= 0.6 is 0 Å². The monoisotopic (exact) mass is 323 g/mol. The van der Waals surface area contributed by atoms with Gasteiger partial charge in [0.05, 0.1) is 11.0 Å².